The molecule has 0 N–H and O–H groups in total. The van der Waals surface area contributed by atoms with Crippen LogP contribution in [0.15, 0.2) is 48.0 Å². The number of hydrogen-bond donors (Lipinski definition) is 0. The SMILES string of the molecule is CCCC1=Cc2c(-c3ccc(C(C)(C)C)cc3)cccc2[CH]1[Zr+2][O][SiH](C)C.[Cl-].[Cl-]. The summed E-state index contributed by atoms with van der Waals surface area (Å²) in [4.78, 5) is 0. The smallest absolute Gasteiger partial charge is 1.00 e. The fourth-order valence-corrected chi connectivity index (χ4v) is 9.00. The van der Waals surface area contributed by atoms with Gasteiger partial charge in [-0.15, -0.1) is 0 Å². The molecule has 2 aromatic rings. The molecule has 0 saturated carbocycles. The molecule has 5 heteroatoms. The van der Waals surface area contributed by atoms with E-state index in [9.17, 15) is 0 Å². The van der Waals surface area contributed by atoms with Gasteiger partial charge in [-0.05, 0) is 0 Å². The Morgan fingerprint density at radius 1 is 1.00 bits per heavy atom. The van der Waals surface area contributed by atoms with E-state index in [0.29, 0.717) is 3.63 Å². The van der Waals surface area contributed by atoms with Crippen LogP contribution in [0.3, 0.4) is 0 Å². The molecule has 3 rings (SSSR count). The first-order chi connectivity index (χ1) is 12.8. The average molecular weight is 527 g/mol. The van der Waals surface area contributed by atoms with Crippen LogP contribution >= 0.6 is 0 Å². The number of rotatable bonds is 6. The molecule has 1 unspecified atom stereocenters. The summed E-state index contributed by atoms with van der Waals surface area (Å²) < 4.78 is 6.93. The predicted molar refractivity (Wildman–Crippen MR) is 116 cm³/mol. The Morgan fingerprint density at radius 3 is 2.21 bits per heavy atom. The van der Waals surface area contributed by atoms with Gasteiger partial charge in [0, 0.05) is 0 Å². The van der Waals surface area contributed by atoms with Gasteiger partial charge in [0.25, 0.3) is 0 Å². The van der Waals surface area contributed by atoms with Crippen LogP contribution in [0.4, 0.5) is 0 Å². The summed E-state index contributed by atoms with van der Waals surface area (Å²) in [5.74, 6) is 0. The molecule has 1 aliphatic carbocycles. The van der Waals surface area contributed by atoms with Crippen molar-refractivity contribution in [2.75, 3.05) is 0 Å². The van der Waals surface area contributed by atoms with Crippen LogP contribution in [-0.2, 0) is 31.6 Å². The van der Waals surface area contributed by atoms with Crippen molar-refractivity contribution in [1.82, 2.24) is 0 Å². The summed E-state index contributed by atoms with van der Waals surface area (Å²) in [5.41, 5.74) is 8.89. The second-order valence-corrected chi connectivity index (χ2v) is 14.9. The molecule has 0 amide bonds. The molecule has 0 radical (unpaired) electrons. The predicted octanol–water partition coefficient (Wildman–Crippen LogP) is 0.895. The minimum Gasteiger partial charge on any atom is -1.00 e. The van der Waals surface area contributed by atoms with E-state index in [1.165, 1.54) is 40.7 Å². The molecule has 0 fully saturated rings. The zero-order valence-electron chi connectivity index (χ0n) is 18.4. The standard InChI is InChI=1S/C22H25.C2H7OSi.2ClH.Zr/c1-5-7-16-14-18-8-6-9-20(21(18)15-16)17-10-12-19(13-11-17)22(2,3)4;1-4(2)3;;;/h6,8-15H,5,7H2,1-4H3;4H,1-2H3;2*1H;/q;-1;;;+3/p-2. The van der Waals surface area contributed by atoms with Crippen LogP contribution in [0, 0.1) is 0 Å². The van der Waals surface area contributed by atoms with Crippen molar-refractivity contribution < 1.29 is 51.0 Å². The van der Waals surface area contributed by atoms with Gasteiger partial charge in [0.15, 0.2) is 0 Å². The van der Waals surface area contributed by atoms with Crippen LogP contribution in [0.25, 0.3) is 17.2 Å². The third kappa shape index (κ3) is 6.40. The van der Waals surface area contributed by atoms with Crippen molar-refractivity contribution in [2.45, 2.75) is 62.7 Å². The molecule has 1 atom stereocenters. The fourth-order valence-electron chi connectivity index (χ4n) is 3.71. The first kappa shape index (κ1) is 26.9. The molecule has 1 nitrogen and oxygen atoms in total. The Balaban J connectivity index is 0.00000210. The monoisotopic (exact) mass is 524 g/mol. The Bertz CT molecular complexity index is 826. The summed E-state index contributed by atoms with van der Waals surface area (Å²) in [6, 6.07) is 16.1. The molecule has 0 aromatic heterocycles. The fraction of sp³-hybridized carbons (Fsp3) is 0.417. The number of fused-ring (bicyclic) bond motifs is 1. The summed E-state index contributed by atoms with van der Waals surface area (Å²) in [5, 5.41) is 0. The second-order valence-electron chi connectivity index (χ2n) is 8.82. The van der Waals surface area contributed by atoms with Gasteiger partial charge >= 0.3 is 180 Å². The zero-order valence-corrected chi connectivity index (χ0v) is 23.5. The van der Waals surface area contributed by atoms with Gasteiger partial charge in [0.05, 0.1) is 0 Å². The van der Waals surface area contributed by atoms with Crippen molar-refractivity contribution in [1.29, 1.82) is 0 Å². The molecule has 29 heavy (non-hydrogen) atoms. The maximum absolute atomic E-state index is 6.33. The molecule has 1 aliphatic rings. The van der Waals surface area contributed by atoms with E-state index in [-0.39, 0.29) is 30.2 Å². The minimum absolute atomic E-state index is 0. The van der Waals surface area contributed by atoms with Gasteiger partial charge in [0.2, 0.25) is 0 Å². The summed E-state index contributed by atoms with van der Waals surface area (Å²) in [6.45, 7) is 13.7. The van der Waals surface area contributed by atoms with Crippen molar-refractivity contribution in [3.63, 3.8) is 0 Å². The van der Waals surface area contributed by atoms with E-state index in [1.807, 2.05) is 0 Å². The molecule has 156 valence electrons. The Morgan fingerprint density at radius 2 is 1.66 bits per heavy atom. The van der Waals surface area contributed by atoms with Gasteiger partial charge < -0.3 is 24.8 Å². The molecule has 2 aromatic carbocycles. The third-order valence-corrected chi connectivity index (χ3v) is 12.5. The van der Waals surface area contributed by atoms with Crippen LogP contribution in [0.5, 0.6) is 0 Å². The van der Waals surface area contributed by atoms with Crippen LogP contribution < -0.4 is 24.8 Å². The average Bonchev–Trinajstić information content (AvgIpc) is 2.97. The van der Waals surface area contributed by atoms with E-state index in [0.717, 1.165) is 0 Å². The minimum atomic E-state index is -0.934. The van der Waals surface area contributed by atoms with Gasteiger partial charge in [-0.2, -0.15) is 0 Å². The van der Waals surface area contributed by atoms with Crippen LogP contribution in [0.2, 0.25) is 13.1 Å². The second kappa shape index (κ2) is 11.4. The van der Waals surface area contributed by atoms with Crippen LogP contribution in [0.1, 0.15) is 60.9 Å². The number of halogens is 2. The van der Waals surface area contributed by atoms with Gasteiger partial charge in [-0.3, -0.25) is 0 Å². The largest absolute Gasteiger partial charge is 1.00 e. The zero-order chi connectivity index (χ0) is 19.6. The van der Waals surface area contributed by atoms with Crippen molar-refractivity contribution in [3.05, 3.63) is 64.7 Å². The molecule has 0 heterocycles. The van der Waals surface area contributed by atoms with E-state index in [4.69, 9.17) is 2.50 Å². The summed E-state index contributed by atoms with van der Waals surface area (Å²) >= 11 is -0.879. The Labute approximate surface area is 203 Å². The van der Waals surface area contributed by atoms with Crippen LogP contribution in [-0.4, -0.2) is 9.04 Å². The molecule has 0 aliphatic heterocycles. The van der Waals surface area contributed by atoms with Crippen molar-refractivity contribution >= 4 is 15.1 Å². The molecular formula is C24H32Cl2OSiZr. The summed E-state index contributed by atoms with van der Waals surface area (Å²) in [6.07, 6.45) is 4.90. The van der Waals surface area contributed by atoms with Gasteiger partial charge in [0.1, 0.15) is 0 Å². The summed E-state index contributed by atoms with van der Waals surface area (Å²) in [7, 11) is -0.934. The maximum atomic E-state index is 6.33. The van der Waals surface area contributed by atoms with E-state index in [1.54, 1.807) is 5.57 Å². The maximum Gasteiger partial charge on any atom is -1.00 e. The van der Waals surface area contributed by atoms with E-state index < -0.39 is 32.7 Å². The van der Waals surface area contributed by atoms with Gasteiger partial charge in [-0.25, -0.2) is 0 Å². The topological polar surface area (TPSA) is 9.23 Å². The Kier molecular flexibility index (Phi) is 10.6. The number of hydrogen-bond acceptors (Lipinski definition) is 1. The van der Waals surface area contributed by atoms with Crippen molar-refractivity contribution in [3.8, 4) is 11.1 Å². The quantitative estimate of drug-likeness (QED) is 0.509. The number of benzene rings is 2. The Hall–Kier alpha value is -0.180. The van der Waals surface area contributed by atoms with E-state index >= 15 is 0 Å². The van der Waals surface area contributed by atoms with Crippen molar-refractivity contribution in [2.24, 2.45) is 0 Å². The van der Waals surface area contributed by atoms with E-state index in [2.05, 4.69) is 89.3 Å². The third-order valence-electron chi connectivity index (χ3n) is 5.17. The van der Waals surface area contributed by atoms with Gasteiger partial charge in [-0.1, -0.05) is 0 Å². The molecular weight excluding hydrogens is 494 g/mol. The number of allylic oxidation sites excluding steroid dienone is 1. The molecule has 0 saturated heterocycles. The first-order valence-corrected chi connectivity index (χ1v) is 15.4. The first-order valence-electron chi connectivity index (χ1n) is 10.2. The molecule has 0 spiro atoms. The normalized spacial score (nSPS) is 15.1. The molecule has 0 bridgehead atoms.